The molecule has 0 N–H and O–H groups in total. The summed E-state index contributed by atoms with van der Waals surface area (Å²) in [5.74, 6) is 1.91. The number of hydrogen-bond donors (Lipinski definition) is 0. The van der Waals surface area contributed by atoms with E-state index in [9.17, 15) is 0 Å². The van der Waals surface area contributed by atoms with Gasteiger partial charge in [0.2, 0.25) is 0 Å². The average Bonchev–Trinajstić information content (AvgIpc) is 2.66. The Hall–Kier alpha value is -1.28. The van der Waals surface area contributed by atoms with Gasteiger partial charge in [-0.25, -0.2) is 0 Å². The SMILES string of the molecule is CC(C)=C[C@@H]1Oc2ccccc2[C@@H]2O[C@H](C)[C@@H](C)[C@@H]12. The first-order valence-electron chi connectivity index (χ1n) is 7.14. The molecule has 0 aromatic heterocycles. The highest BCUT2D eigenvalue weighted by atomic mass is 16.5. The summed E-state index contributed by atoms with van der Waals surface area (Å²) in [4.78, 5) is 0. The molecule has 5 atom stereocenters. The van der Waals surface area contributed by atoms with Gasteiger partial charge in [-0.15, -0.1) is 0 Å². The van der Waals surface area contributed by atoms with Gasteiger partial charge in [-0.2, -0.15) is 0 Å². The molecule has 3 rings (SSSR count). The van der Waals surface area contributed by atoms with Crippen LogP contribution >= 0.6 is 0 Å². The van der Waals surface area contributed by atoms with Crippen molar-refractivity contribution in [3.8, 4) is 5.75 Å². The number of hydrogen-bond acceptors (Lipinski definition) is 2. The zero-order valence-electron chi connectivity index (χ0n) is 12.1. The predicted octanol–water partition coefficient (Wildman–Crippen LogP) is 4.13. The number of allylic oxidation sites excluding steroid dienone is 1. The molecule has 19 heavy (non-hydrogen) atoms. The third-order valence-corrected chi connectivity index (χ3v) is 4.42. The van der Waals surface area contributed by atoms with Gasteiger partial charge in [-0.1, -0.05) is 30.7 Å². The zero-order chi connectivity index (χ0) is 13.6. The lowest BCUT2D eigenvalue weighted by Crippen LogP contribution is -2.35. The van der Waals surface area contributed by atoms with Crippen LogP contribution in [0.5, 0.6) is 5.75 Å². The third-order valence-electron chi connectivity index (χ3n) is 4.42. The maximum Gasteiger partial charge on any atom is 0.126 e. The van der Waals surface area contributed by atoms with Gasteiger partial charge in [-0.05, 0) is 38.8 Å². The van der Waals surface area contributed by atoms with Crippen molar-refractivity contribution in [1.82, 2.24) is 0 Å². The van der Waals surface area contributed by atoms with E-state index in [4.69, 9.17) is 9.47 Å². The van der Waals surface area contributed by atoms with Gasteiger partial charge in [-0.3, -0.25) is 0 Å². The van der Waals surface area contributed by atoms with E-state index in [1.54, 1.807) is 0 Å². The summed E-state index contributed by atoms with van der Waals surface area (Å²) in [5.41, 5.74) is 2.51. The van der Waals surface area contributed by atoms with E-state index in [-0.39, 0.29) is 18.3 Å². The molecule has 2 heterocycles. The second-order valence-corrected chi connectivity index (χ2v) is 6.06. The minimum absolute atomic E-state index is 0.129. The molecule has 0 aliphatic carbocycles. The predicted molar refractivity (Wildman–Crippen MR) is 76.2 cm³/mol. The first-order valence-corrected chi connectivity index (χ1v) is 7.14. The Morgan fingerprint density at radius 2 is 1.89 bits per heavy atom. The lowest BCUT2D eigenvalue weighted by atomic mass is 9.79. The first-order chi connectivity index (χ1) is 9.08. The summed E-state index contributed by atoms with van der Waals surface area (Å²) in [7, 11) is 0. The van der Waals surface area contributed by atoms with Crippen molar-refractivity contribution in [2.75, 3.05) is 0 Å². The van der Waals surface area contributed by atoms with E-state index >= 15 is 0 Å². The van der Waals surface area contributed by atoms with E-state index in [1.807, 2.05) is 6.07 Å². The van der Waals surface area contributed by atoms with Gasteiger partial charge in [0.15, 0.2) is 0 Å². The Balaban J connectivity index is 2.05. The summed E-state index contributed by atoms with van der Waals surface area (Å²) in [6, 6.07) is 8.28. The number of para-hydroxylation sites is 1. The first kappa shape index (κ1) is 12.7. The lowest BCUT2D eigenvalue weighted by molar-refractivity contribution is 0.0102. The highest BCUT2D eigenvalue weighted by Crippen LogP contribution is 2.50. The molecular weight excluding hydrogens is 236 g/mol. The molecule has 0 bridgehead atoms. The fourth-order valence-corrected chi connectivity index (χ4v) is 3.31. The quantitative estimate of drug-likeness (QED) is 0.705. The molecule has 1 saturated heterocycles. The van der Waals surface area contributed by atoms with E-state index in [2.05, 4.69) is 52.0 Å². The maximum absolute atomic E-state index is 6.22. The maximum atomic E-state index is 6.22. The van der Waals surface area contributed by atoms with E-state index < -0.39 is 0 Å². The Morgan fingerprint density at radius 1 is 1.16 bits per heavy atom. The Morgan fingerprint density at radius 3 is 2.63 bits per heavy atom. The Kier molecular flexibility index (Phi) is 3.14. The van der Waals surface area contributed by atoms with E-state index in [0.29, 0.717) is 11.8 Å². The largest absolute Gasteiger partial charge is 0.486 e. The monoisotopic (exact) mass is 258 g/mol. The van der Waals surface area contributed by atoms with Gasteiger partial charge in [0, 0.05) is 11.5 Å². The molecule has 2 aliphatic heterocycles. The second kappa shape index (κ2) is 4.68. The molecule has 1 aromatic rings. The number of ether oxygens (including phenoxy) is 2. The molecule has 0 unspecified atom stereocenters. The fraction of sp³-hybridized carbons (Fsp3) is 0.529. The summed E-state index contributed by atoms with van der Waals surface area (Å²) in [6.07, 6.45) is 2.84. The normalized spacial score (nSPS) is 36.1. The van der Waals surface area contributed by atoms with Crippen molar-refractivity contribution in [1.29, 1.82) is 0 Å². The van der Waals surface area contributed by atoms with Crippen molar-refractivity contribution in [3.63, 3.8) is 0 Å². The van der Waals surface area contributed by atoms with Gasteiger partial charge in [0.05, 0.1) is 12.2 Å². The van der Waals surface area contributed by atoms with Crippen LogP contribution in [0, 0.1) is 11.8 Å². The van der Waals surface area contributed by atoms with Crippen LogP contribution in [0.3, 0.4) is 0 Å². The molecule has 0 spiro atoms. The molecule has 2 aliphatic rings. The number of rotatable bonds is 1. The topological polar surface area (TPSA) is 18.5 Å². The minimum Gasteiger partial charge on any atom is -0.486 e. The molecule has 2 heteroatoms. The average molecular weight is 258 g/mol. The van der Waals surface area contributed by atoms with Crippen LogP contribution in [0.25, 0.3) is 0 Å². The second-order valence-electron chi connectivity index (χ2n) is 6.06. The van der Waals surface area contributed by atoms with Crippen LogP contribution in [0.4, 0.5) is 0 Å². The lowest BCUT2D eigenvalue weighted by Gasteiger charge is -2.35. The molecule has 0 amide bonds. The molecule has 2 nitrogen and oxygen atoms in total. The van der Waals surface area contributed by atoms with Crippen molar-refractivity contribution < 1.29 is 9.47 Å². The number of benzene rings is 1. The standard InChI is InChI=1S/C17H22O2/c1-10(2)9-15-16-11(3)12(4)18-17(16)13-7-5-6-8-14(13)19-15/h5-9,11-12,15-17H,1-4H3/t11-,12-,15+,16+,17+/m1/s1. The van der Waals surface area contributed by atoms with Crippen LogP contribution in [0.15, 0.2) is 35.9 Å². The molecule has 1 aromatic carbocycles. The fourth-order valence-electron chi connectivity index (χ4n) is 3.31. The van der Waals surface area contributed by atoms with Gasteiger partial charge in [0.25, 0.3) is 0 Å². The van der Waals surface area contributed by atoms with Crippen LogP contribution in [0.2, 0.25) is 0 Å². The summed E-state index contributed by atoms with van der Waals surface area (Å²) < 4.78 is 12.4. The minimum atomic E-state index is 0.129. The highest BCUT2D eigenvalue weighted by Gasteiger charge is 2.48. The highest BCUT2D eigenvalue weighted by molar-refractivity contribution is 5.39. The van der Waals surface area contributed by atoms with E-state index in [0.717, 1.165) is 5.75 Å². The molecule has 0 saturated carbocycles. The van der Waals surface area contributed by atoms with Crippen molar-refractivity contribution in [2.45, 2.75) is 46.0 Å². The molecule has 102 valence electrons. The van der Waals surface area contributed by atoms with Crippen LogP contribution in [-0.4, -0.2) is 12.2 Å². The summed E-state index contributed by atoms with van der Waals surface area (Å²) in [6.45, 7) is 8.70. The molecule has 0 radical (unpaired) electrons. The van der Waals surface area contributed by atoms with E-state index in [1.165, 1.54) is 11.1 Å². The van der Waals surface area contributed by atoms with Gasteiger partial charge >= 0.3 is 0 Å². The summed E-state index contributed by atoms with van der Waals surface area (Å²) >= 11 is 0. The zero-order valence-corrected chi connectivity index (χ0v) is 12.1. The Bertz CT molecular complexity index is 502. The van der Waals surface area contributed by atoms with Gasteiger partial charge < -0.3 is 9.47 Å². The van der Waals surface area contributed by atoms with Crippen LogP contribution in [-0.2, 0) is 4.74 Å². The molecule has 1 fully saturated rings. The third kappa shape index (κ3) is 2.08. The van der Waals surface area contributed by atoms with Crippen molar-refractivity contribution in [2.24, 2.45) is 11.8 Å². The van der Waals surface area contributed by atoms with Crippen molar-refractivity contribution in [3.05, 3.63) is 41.5 Å². The molecular formula is C17H22O2. The van der Waals surface area contributed by atoms with Crippen molar-refractivity contribution >= 4 is 0 Å². The summed E-state index contributed by atoms with van der Waals surface area (Å²) in [5, 5.41) is 0. The Labute approximate surface area is 115 Å². The smallest absolute Gasteiger partial charge is 0.126 e. The number of fused-ring (bicyclic) bond motifs is 3. The van der Waals surface area contributed by atoms with Crippen LogP contribution in [0.1, 0.15) is 39.4 Å². The van der Waals surface area contributed by atoms with Gasteiger partial charge in [0.1, 0.15) is 11.9 Å². The van der Waals surface area contributed by atoms with Crippen LogP contribution < -0.4 is 4.74 Å².